The molecule has 0 amide bonds. The van der Waals surface area contributed by atoms with Crippen molar-refractivity contribution in [3.8, 4) is 0 Å². The van der Waals surface area contributed by atoms with Gasteiger partial charge in [0.15, 0.2) is 0 Å². The summed E-state index contributed by atoms with van der Waals surface area (Å²) in [5.41, 5.74) is 1.48. The quantitative estimate of drug-likeness (QED) is 0.841. The summed E-state index contributed by atoms with van der Waals surface area (Å²) in [5.74, 6) is -0.850. The van der Waals surface area contributed by atoms with Crippen molar-refractivity contribution in [2.45, 2.75) is 44.6 Å². The molecule has 2 rings (SSSR count). The molecule has 18 heavy (non-hydrogen) atoms. The molecule has 0 atom stereocenters. The van der Waals surface area contributed by atoms with E-state index in [9.17, 15) is 4.79 Å². The van der Waals surface area contributed by atoms with E-state index in [4.69, 9.17) is 5.11 Å². The van der Waals surface area contributed by atoms with Crippen LogP contribution >= 0.6 is 0 Å². The topological polar surface area (TPSA) is 49.3 Å². The molecule has 3 heteroatoms. The Bertz CT molecular complexity index is 397. The van der Waals surface area contributed by atoms with E-state index >= 15 is 0 Å². The number of rotatable bonds is 5. The number of hydrogen-bond donors (Lipinski definition) is 2. The van der Waals surface area contributed by atoms with Gasteiger partial charge in [0, 0.05) is 6.04 Å². The lowest BCUT2D eigenvalue weighted by Gasteiger charge is -2.22. The fraction of sp³-hybridized carbons (Fsp3) is 0.533. The number of nitrogens with one attached hydrogen (secondary N) is 1. The second kappa shape index (κ2) is 6.55. The average molecular weight is 247 g/mol. The third kappa shape index (κ3) is 3.84. The second-order valence-electron chi connectivity index (χ2n) is 5.04. The molecule has 0 radical (unpaired) electrons. The first-order chi connectivity index (χ1) is 8.75. The van der Waals surface area contributed by atoms with Crippen molar-refractivity contribution >= 4 is 5.97 Å². The Morgan fingerprint density at radius 1 is 1.28 bits per heavy atom. The summed E-state index contributed by atoms with van der Waals surface area (Å²) in [5, 5.41) is 12.5. The highest BCUT2D eigenvalue weighted by Gasteiger charge is 2.12. The highest BCUT2D eigenvalue weighted by molar-refractivity contribution is 5.87. The minimum Gasteiger partial charge on any atom is -0.478 e. The number of carboxylic acid groups (broad SMARTS) is 1. The summed E-state index contributed by atoms with van der Waals surface area (Å²) in [6.07, 6.45) is 7.53. The van der Waals surface area contributed by atoms with Crippen LogP contribution in [0.25, 0.3) is 0 Å². The van der Waals surface area contributed by atoms with Gasteiger partial charge in [0.25, 0.3) is 0 Å². The van der Waals surface area contributed by atoms with Crippen LogP contribution in [0.15, 0.2) is 24.3 Å². The molecular formula is C15H21NO2. The van der Waals surface area contributed by atoms with Crippen LogP contribution in [0, 0.1) is 0 Å². The number of aromatic carboxylic acids is 1. The van der Waals surface area contributed by atoms with Gasteiger partial charge in [0.1, 0.15) is 0 Å². The molecule has 0 unspecified atom stereocenters. The summed E-state index contributed by atoms with van der Waals surface area (Å²) >= 11 is 0. The van der Waals surface area contributed by atoms with Gasteiger partial charge in [0.2, 0.25) is 0 Å². The molecule has 3 nitrogen and oxygen atoms in total. The zero-order valence-electron chi connectivity index (χ0n) is 10.7. The zero-order valence-corrected chi connectivity index (χ0v) is 10.7. The number of carbonyl (C=O) groups is 1. The Kier molecular flexibility index (Phi) is 4.76. The highest BCUT2D eigenvalue weighted by Crippen LogP contribution is 2.17. The van der Waals surface area contributed by atoms with E-state index in [1.165, 1.54) is 32.1 Å². The lowest BCUT2D eigenvalue weighted by Crippen LogP contribution is -2.32. The van der Waals surface area contributed by atoms with Gasteiger partial charge in [-0.25, -0.2) is 4.79 Å². The molecule has 1 aliphatic rings. The molecule has 0 bridgehead atoms. The number of carboxylic acids is 1. The Labute approximate surface area is 108 Å². The lowest BCUT2D eigenvalue weighted by atomic mass is 9.95. The fourth-order valence-electron chi connectivity index (χ4n) is 2.59. The maximum atomic E-state index is 10.9. The van der Waals surface area contributed by atoms with Crippen molar-refractivity contribution in [2.75, 3.05) is 6.54 Å². The van der Waals surface area contributed by atoms with Gasteiger partial charge in [-0.2, -0.15) is 0 Å². The second-order valence-corrected chi connectivity index (χ2v) is 5.04. The molecule has 1 aliphatic carbocycles. The van der Waals surface area contributed by atoms with Gasteiger partial charge < -0.3 is 10.4 Å². The molecule has 0 saturated heterocycles. The van der Waals surface area contributed by atoms with Gasteiger partial charge in [-0.3, -0.25) is 0 Å². The summed E-state index contributed by atoms with van der Waals surface area (Å²) in [6, 6.07) is 7.89. The highest BCUT2D eigenvalue weighted by atomic mass is 16.4. The van der Waals surface area contributed by atoms with E-state index < -0.39 is 5.97 Å². The molecule has 2 N–H and O–H groups in total. The molecule has 1 aromatic carbocycles. The number of benzene rings is 1. The largest absolute Gasteiger partial charge is 0.478 e. The minimum absolute atomic E-state index is 0.380. The van der Waals surface area contributed by atoms with Crippen molar-refractivity contribution < 1.29 is 9.90 Å². The first-order valence-corrected chi connectivity index (χ1v) is 6.81. The Balaban J connectivity index is 1.78. The Hall–Kier alpha value is -1.35. The molecule has 1 fully saturated rings. The van der Waals surface area contributed by atoms with Crippen molar-refractivity contribution in [1.29, 1.82) is 0 Å². The van der Waals surface area contributed by atoms with Crippen LogP contribution < -0.4 is 5.32 Å². The van der Waals surface area contributed by atoms with Crippen molar-refractivity contribution in [3.05, 3.63) is 35.4 Å². The molecule has 0 aromatic heterocycles. The summed E-state index contributed by atoms with van der Waals surface area (Å²) < 4.78 is 0. The molecule has 0 aliphatic heterocycles. The van der Waals surface area contributed by atoms with Crippen molar-refractivity contribution in [3.63, 3.8) is 0 Å². The van der Waals surface area contributed by atoms with E-state index in [0.717, 1.165) is 18.5 Å². The molecule has 0 spiro atoms. The van der Waals surface area contributed by atoms with Crippen molar-refractivity contribution in [2.24, 2.45) is 0 Å². The van der Waals surface area contributed by atoms with Crippen molar-refractivity contribution in [1.82, 2.24) is 5.32 Å². The van der Waals surface area contributed by atoms with Crippen LogP contribution in [-0.4, -0.2) is 23.7 Å². The van der Waals surface area contributed by atoms with Crippen LogP contribution in [0.2, 0.25) is 0 Å². The van der Waals surface area contributed by atoms with Crippen LogP contribution in [-0.2, 0) is 6.42 Å². The molecular weight excluding hydrogens is 226 g/mol. The molecule has 0 heterocycles. The SMILES string of the molecule is O=C(O)c1cccc(CCNC2CCCCC2)c1. The van der Waals surface area contributed by atoms with Crippen LogP contribution in [0.4, 0.5) is 0 Å². The third-order valence-corrected chi connectivity index (χ3v) is 3.63. The molecule has 1 saturated carbocycles. The van der Waals surface area contributed by atoms with Crippen LogP contribution in [0.3, 0.4) is 0 Å². The monoisotopic (exact) mass is 247 g/mol. The third-order valence-electron chi connectivity index (χ3n) is 3.63. The van der Waals surface area contributed by atoms with E-state index in [1.807, 2.05) is 12.1 Å². The first kappa shape index (κ1) is 13.1. The minimum atomic E-state index is -0.850. The predicted octanol–water partition coefficient (Wildman–Crippen LogP) is 2.85. The normalized spacial score (nSPS) is 16.7. The van der Waals surface area contributed by atoms with Gasteiger partial charge in [0.05, 0.1) is 5.56 Å². The van der Waals surface area contributed by atoms with Gasteiger partial charge in [-0.1, -0.05) is 31.4 Å². The van der Waals surface area contributed by atoms with E-state index in [0.29, 0.717) is 11.6 Å². The smallest absolute Gasteiger partial charge is 0.335 e. The van der Waals surface area contributed by atoms with Crippen LogP contribution in [0.5, 0.6) is 0 Å². The standard InChI is InChI=1S/C15H21NO2/c17-15(18)13-6-4-5-12(11-13)9-10-16-14-7-2-1-3-8-14/h4-6,11,14,16H,1-3,7-10H2,(H,17,18). The van der Waals surface area contributed by atoms with E-state index in [1.54, 1.807) is 12.1 Å². The van der Waals surface area contributed by atoms with Gasteiger partial charge in [-0.05, 0) is 43.5 Å². The van der Waals surface area contributed by atoms with E-state index in [-0.39, 0.29) is 0 Å². The molecule has 98 valence electrons. The first-order valence-electron chi connectivity index (χ1n) is 6.81. The van der Waals surface area contributed by atoms with Crippen LogP contribution in [0.1, 0.15) is 48.0 Å². The summed E-state index contributed by atoms with van der Waals surface area (Å²) in [6.45, 7) is 0.938. The Morgan fingerprint density at radius 2 is 2.06 bits per heavy atom. The Morgan fingerprint density at radius 3 is 2.78 bits per heavy atom. The van der Waals surface area contributed by atoms with Gasteiger partial charge in [-0.15, -0.1) is 0 Å². The fourth-order valence-corrected chi connectivity index (χ4v) is 2.59. The maximum Gasteiger partial charge on any atom is 0.335 e. The average Bonchev–Trinajstić information content (AvgIpc) is 2.40. The molecule has 1 aromatic rings. The lowest BCUT2D eigenvalue weighted by molar-refractivity contribution is 0.0696. The maximum absolute atomic E-state index is 10.9. The zero-order chi connectivity index (χ0) is 12.8. The van der Waals surface area contributed by atoms with Gasteiger partial charge >= 0.3 is 5.97 Å². The number of hydrogen-bond acceptors (Lipinski definition) is 2. The summed E-state index contributed by atoms with van der Waals surface area (Å²) in [7, 11) is 0. The predicted molar refractivity (Wildman–Crippen MR) is 72.0 cm³/mol. The summed E-state index contributed by atoms with van der Waals surface area (Å²) in [4.78, 5) is 10.9. The van der Waals surface area contributed by atoms with E-state index in [2.05, 4.69) is 5.32 Å².